The minimum atomic E-state index is -0.918. The first-order valence-corrected chi connectivity index (χ1v) is 6.31. The first-order valence-electron chi connectivity index (χ1n) is 5.93. The van der Waals surface area contributed by atoms with Gasteiger partial charge in [-0.3, -0.25) is 4.68 Å². The molecule has 1 aromatic heterocycles. The van der Waals surface area contributed by atoms with Crippen LogP contribution in [0.3, 0.4) is 0 Å². The monoisotopic (exact) mass is 260 g/mol. The Morgan fingerprint density at radius 3 is 2.65 bits per heavy atom. The van der Waals surface area contributed by atoms with Gasteiger partial charge in [-0.25, -0.2) is 0 Å². The van der Waals surface area contributed by atoms with E-state index in [0.717, 1.165) is 17.9 Å². The normalized spacial score (nSPS) is 14.9. The standard InChI is InChI=1S/C12H21ClN2O2/c1-5-15-10(11(13)9(3)14-15)7-12(4,16)8-17-6-2/h16H,5-8H2,1-4H3. The zero-order valence-corrected chi connectivity index (χ0v) is 11.7. The molecule has 0 aromatic carbocycles. The van der Waals surface area contributed by atoms with E-state index in [-0.39, 0.29) is 0 Å². The van der Waals surface area contributed by atoms with E-state index in [1.807, 2.05) is 25.5 Å². The fraction of sp³-hybridized carbons (Fsp3) is 0.750. The van der Waals surface area contributed by atoms with Gasteiger partial charge in [0.15, 0.2) is 0 Å². The van der Waals surface area contributed by atoms with Gasteiger partial charge >= 0.3 is 0 Å². The molecule has 0 amide bonds. The average Bonchev–Trinajstić information content (AvgIpc) is 2.54. The highest BCUT2D eigenvalue weighted by molar-refractivity contribution is 6.31. The molecular formula is C12H21ClN2O2. The number of aryl methyl sites for hydroxylation is 2. The summed E-state index contributed by atoms with van der Waals surface area (Å²) in [6.07, 6.45) is 0.445. The predicted octanol–water partition coefficient (Wildman–Crippen LogP) is 2.19. The molecule has 0 radical (unpaired) electrons. The number of ether oxygens (including phenoxy) is 1. The van der Waals surface area contributed by atoms with E-state index < -0.39 is 5.60 Å². The lowest BCUT2D eigenvalue weighted by Crippen LogP contribution is -2.34. The predicted molar refractivity (Wildman–Crippen MR) is 68.5 cm³/mol. The minimum Gasteiger partial charge on any atom is -0.387 e. The van der Waals surface area contributed by atoms with Gasteiger partial charge < -0.3 is 9.84 Å². The molecule has 0 aliphatic heterocycles. The summed E-state index contributed by atoms with van der Waals surface area (Å²) < 4.78 is 7.10. The number of hydrogen-bond acceptors (Lipinski definition) is 3. The molecular weight excluding hydrogens is 240 g/mol. The molecule has 98 valence electrons. The molecule has 1 N–H and O–H groups in total. The van der Waals surface area contributed by atoms with Gasteiger partial charge in [0, 0.05) is 19.6 Å². The summed E-state index contributed by atoms with van der Waals surface area (Å²) in [6.45, 7) is 9.17. The van der Waals surface area contributed by atoms with Crippen molar-refractivity contribution >= 4 is 11.6 Å². The fourth-order valence-electron chi connectivity index (χ4n) is 1.77. The maximum Gasteiger partial charge on any atom is 0.0907 e. The summed E-state index contributed by atoms with van der Waals surface area (Å²) in [5, 5.41) is 15.2. The fourth-order valence-corrected chi connectivity index (χ4v) is 1.97. The molecule has 0 fully saturated rings. The smallest absolute Gasteiger partial charge is 0.0907 e. The summed E-state index contributed by atoms with van der Waals surface area (Å²) in [7, 11) is 0. The third-order valence-electron chi connectivity index (χ3n) is 2.62. The maximum atomic E-state index is 10.2. The summed E-state index contributed by atoms with van der Waals surface area (Å²) in [4.78, 5) is 0. The van der Waals surface area contributed by atoms with Crippen molar-refractivity contribution in [3.05, 3.63) is 16.4 Å². The van der Waals surface area contributed by atoms with Crippen molar-refractivity contribution in [2.45, 2.75) is 46.3 Å². The van der Waals surface area contributed by atoms with Crippen LogP contribution in [0, 0.1) is 6.92 Å². The van der Waals surface area contributed by atoms with Crippen LogP contribution >= 0.6 is 11.6 Å². The van der Waals surface area contributed by atoms with Crippen molar-refractivity contribution in [3.8, 4) is 0 Å². The molecule has 0 saturated heterocycles. The summed E-state index contributed by atoms with van der Waals surface area (Å²) >= 11 is 6.20. The topological polar surface area (TPSA) is 47.3 Å². The van der Waals surface area contributed by atoms with Crippen LogP contribution in [0.5, 0.6) is 0 Å². The Hall–Kier alpha value is -0.580. The number of halogens is 1. The van der Waals surface area contributed by atoms with Crippen molar-refractivity contribution in [2.75, 3.05) is 13.2 Å². The van der Waals surface area contributed by atoms with Crippen molar-refractivity contribution in [3.63, 3.8) is 0 Å². The lowest BCUT2D eigenvalue weighted by atomic mass is 10.0. The van der Waals surface area contributed by atoms with E-state index >= 15 is 0 Å². The molecule has 0 aliphatic carbocycles. The molecule has 1 rings (SSSR count). The molecule has 0 saturated carbocycles. The van der Waals surface area contributed by atoms with Gasteiger partial charge in [-0.15, -0.1) is 0 Å². The second kappa shape index (κ2) is 5.85. The Kier molecular flexibility index (Phi) is 4.98. The van der Waals surface area contributed by atoms with Crippen LogP contribution in [0.2, 0.25) is 5.02 Å². The van der Waals surface area contributed by atoms with Crippen LogP contribution in [0.1, 0.15) is 32.2 Å². The Labute approximate surface area is 108 Å². The Morgan fingerprint density at radius 1 is 1.47 bits per heavy atom. The van der Waals surface area contributed by atoms with Crippen molar-refractivity contribution in [1.82, 2.24) is 9.78 Å². The summed E-state index contributed by atoms with van der Waals surface area (Å²) in [5.41, 5.74) is 0.756. The molecule has 0 bridgehead atoms. The Morgan fingerprint density at radius 2 is 2.12 bits per heavy atom. The number of nitrogens with zero attached hydrogens (tertiary/aromatic N) is 2. The molecule has 17 heavy (non-hydrogen) atoms. The first kappa shape index (κ1) is 14.5. The average molecular weight is 261 g/mol. The molecule has 0 spiro atoms. The number of aliphatic hydroxyl groups is 1. The van der Waals surface area contributed by atoms with Crippen LogP contribution < -0.4 is 0 Å². The van der Waals surface area contributed by atoms with Gasteiger partial charge in [0.2, 0.25) is 0 Å². The van der Waals surface area contributed by atoms with Crippen molar-refractivity contribution < 1.29 is 9.84 Å². The van der Waals surface area contributed by atoms with E-state index in [9.17, 15) is 5.11 Å². The first-order chi connectivity index (χ1) is 7.91. The van der Waals surface area contributed by atoms with Crippen molar-refractivity contribution in [1.29, 1.82) is 0 Å². The van der Waals surface area contributed by atoms with Crippen LogP contribution in [0.15, 0.2) is 0 Å². The lowest BCUT2D eigenvalue weighted by Gasteiger charge is -2.23. The Bertz CT molecular complexity index is 375. The van der Waals surface area contributed by atoms with Crippen LogP contribution in [-0.4, -0.2) is 33.7 Å². The second-order valence-corrected chi connectivity index (χ2v) is 4.85. The van der Waals surface area contributed by atoms with E-state index in [2.05, 4.69) is 5.10 Å². The summed E-state index contributed by atoms with van der Waals surface area (Å²) in [5.74, 6) is 0. The highest BCUT2D eigenvalue weighted by atomic mass is 35.5. The van der Waals surface area contributed by atoms with Gasteiger partial charge in [-0.2, -0.15) is 5.10 Å². The van der Waals surface area contributed by atoms with Crippen molar-refractivity contribution in [2.24, 2.45) is 0 Å². The number of hydrogen-bond donors (Lipinski definition) is 1. The summed E-state index contributed by atoms with van der Waals surface area (Å²) in [6, 6.07) is 0. The van der Waals surface area contributed by atoms with Gasteiger partial charge in [0.1, 0.15) is 0 Å². The van der Waals surface area contributed by atoms with Gasteiger partial charge in [-0.1, -0.05) is 11.6 Å². The third kappa shape index (κ3) is 3.69. The minimum absolute atomic E-state index is 0.299. The third-order valence-corrected chi connectivity index (χ3v) is 3.11. The maximum absolute atomic E-state index is 10.2. The number of rotatable bonds is 6. The zero-order chi connectivity index (χ0) is 13.1. The largest absolute Gasteiger partial charge is 0.387 e. The number of aromatic nitrogens is 2. The molecule has 0 aliphatic rings. The van der Waals surface area contributed by atoms with E-state index in [1.54, 1.807) is 6.92 Å². The molecule has 1 atom stereocenters. The highest BCUT2D eigenvalue weighted by Crippen LogP contribution is 2.24. The molecule has 1 unspecified atom stereocenters. The Balaban J connectivity index is 2.86. The quantitative estimate of drug-likeness (QED) is 0.853. The van der Waals surface area contributed by atoms with Gasteiger partial charge in [0.25, 0.3) is 0 Å². The van der Waals surface area contributed by atoms with E-state index in [1.165, 1.54) is 0 Å². The molecule has 1 heterocycles. The molecule has 1 aromatic rings. The van der Waals surface area contributed by atoms with E-state index in [4.69, 9.17) is 16.3 Å². The van der Waals surface area contributed by atoms with Crippen LogP contribution in [0.25, 0.3) is 0 Å². The van der Waals surface area contributed by atoms with Gasteiger partial charge in [0.05, 0.1) is 28.6 Å². The SMILES string of the molecule is CCOCC(C)(O)Cc1c(Cl)c(C)nn1CC. The van der Waals surface area contributed by atoms with Crippen LogP contribution in [-0.2, 0) is 17.7 Å². The molecule has 4 nitrogen and oxygen atoms in total. The second-order valence-electron chi connectivity index (χ2n) is 4.47. The lowest BCUT2D eigenvalue weighted by molar-refractivity contribution is -0.0307. The van der Waals surface area contributed by atoms with Gasteiger partial charge in [-0.05, 0) is 27.7 Å². The zero-order valence-electron chi connectivity index (χ0n) is 11.0. The van der Waals surface area contributed by atoms with E-state index in [0.29, 0.717) is 24.7 Å². The highest BCUT2D eigenvalue weighted by Gasteiger charge is 2.25. The van der Waals surface area contributed by atoms with Crippen LogP contribution in [0.4, 0.5) is 0 Å². The molecule has 5 heteroatoms.